The molecule has 1 aromatic heterocycles. The number of carbonyl (C=O) groups excluding carboxylic acids is 1. The number of aliphatic imine (C=N–C) groups is 2. The van der Waals surface area contributed by atoms with Gasteiger partial charge in [0.15, 0.2) is 0 Å². The summed E-state index contributed by atoms with van der Waals surface area (Å²) in [7, 11) is 5.07. The summed E-state index contributed by atoms with van der Waals surface area (Å²) in [4.78, 5) is 27.5. The van der Waals surface area contributed by atoms with Crippen molar-refractivity contribution in [3.8, 4) is 0 Å². The molecule has 41 heavy (non-hydrogen) atoms. The number of aromatic nitrogens is 1. The minimum atomic E-state index is -4.57. The molecule has 0 unspecified atom stereocenters. The highest BCUT2D eigenvalue weighted by Gasteiger charge is 2.37. The van der Waals surface area contributed by atoms with Gasteiger partial charge in [0.1, 0.15) is 5.84 Å². The van der Waals surface area contributed by atoms with Crippen LogP contribution in [0.3, 0.4) is 0 Å². The Balaban J connectivity index is 2.02. The summed E-state index contributed by atoms with van der Waals surface area (Å²) < 4.78 is 43.0. The number of nitrogens with one attached hydrogen (secondary N) is 1. The van der Waals surface area contributed by atoms with Crippen molar-refractivity contribution in [1.82, 2.24) is 14.8 Å². The van der Waals surface area contributed by atoms with Crippen molar-refractivity contribution in [2.45, 2.75) is 71.9 Å². The van der Waals surface area contributed by atoms with Gasteiger partial charge >= 0.3 is 6.18 Å². The van der Waals surface area contributed by atoms with E-state index in [9.17, 15) is 18.0 Å². The van der Waals surface area contributed by atoms with Gasteiger partial charge in [0.25, 0.3) is 0 Å². The first-order valence-corrected chi connectivity index (χ1v) is 14.3. The maximum absolute atomic E-state index is 14.3. The third kappa shape index (κ3) is 7.76. The standard InChI is InChI=1S/C32H44F3N5O/c1-9-22(18-26(32(33,34)35)27(10-2)37-21(5)36-6)31-30(20(3)4)25-17-24(11-12-28(25)38-31)23-13-15-40(16-14-23)19-29(41)39(7)8/h9,11-12,17-18,20,23,38H,10,13-16,19H2,1-8H3/b22-9+,26-18+,36-21?,37-27?. The molecule has 1 aliphatic heterocycles. The molecule has 2 aromatic rings. The molecule has 3 rings (SSSR count). The number of hydrogen-bond acceptors (Lipinski definition) is 3. The molecular formula is C32H44F3N5O. The van der Waals surface area contributed by atoms with Gasteiger partial charge in [0.05, 0.1) is 17.8 Å². The zero-order valence-corrected chi connectivity index (χ0v) is 25.6. The zero-order valence-electron chi connectivity index (χ0n) is 25.6. The maximum atomic E-state index is 14.3. The Kier molecular flexibility index (Phi) is 10.8. The van der Waals surface area contributed by atoms with E-state index in [1.165, 1.54) is 18.7 Å². The molecule has 1 saturated heterocycles. The van der Waals surface area contributed by atoms with Crippen LogP contribution in [0.1, 0.15) is 82.5 Å². The van der Waals surface area contributed by atoms with E-state index >= 15 is 0 Å². The van der Waals surface area contributed by atoms with Crippen LogP contribution in [-0.2, 0) is 4.79 Å². The van der Waals surface area contributed by atoms with Crippen molar-refractivity contribution < 1.29 is 18.0 Å². The van der Waals surface area contributed by atoms with E-state index in [1.807, 2.05) is 6.07 Å². The van der Waals surface area contributed by atoms with Crippen molar-refractivity contribution >= 4 is 33.9 Å². The molecule has 0 aliphatic carbocycles. The van der Waals surface area contributed by atoms with Gasteiger partial charge in [0, 0.05) is 37.7 Å². The average molecular weight is 572 g/mol. The normalized spacial score (nSPS) is 17.2. The number of alkyl halides is 3. The first-order chi connectivity index (χ1) is 19.3. The summed E-state index contributed by atoms with van der Waals surface area (Å²) in [6, 6.07) is 6.38. The van der Waals surface area contributed by atoms with Crippen LogP contribution in [0.4, 0.5) is 13.2 Å². The predicted octanol–water partition coefficient (Wildman–Crippen LogP) is 7.35. The molecule has 9 heteroatoms. The van der Waals surface area contributed by atoms with Crippen LogP contribution < -0.4 is 0 Å². The molecule has 224 valence electrons. The van der Waals surface area contributed by atoms with Gasteiger partial charge < -0.3 is 9.88 Å². The fraction of sp³-hybridized carbons (Fsp3) is 0.531. The lowest BCUT2D eigenvalue weighted by Crippen LogP contribution is -2.40. The topological polar surface area (TPSA) is 64.1 Å². The molecule has 1 aliphatic rings. The van der Waals surface area contributed by atoms with Crippen molar-refractivity contribution in [1.29, 1.82) is 0 Å². The van der Waals surface area contributed by atoms with Gasteiger partial charge in [0.2, 0.25) is 5.91 Å². The van der Waals surface area contributed by atoms with Gasteiger partial charge in [-0.2, -0.15) is 13.2 Å². The smallest absolute Gasteiger partial charge is 0.354 e. The Morgan fingerprint density at radius 2 is 1.88 bits per heavy atom. The third-order valence-electron chi connectivity index (χ3n) is 7.83. The molecule has 0 bridgehead atoms. The number of likely N-dealkylation sites (tertiary alicyclic amines) is 1. The predicted molar refractivity (Wildman–Crippen MR) is 164 cm³/mol. The molecule has 2 heterocycles. The molecule has 1 N–H and O–H groups in total. The van der Waals surface area contributed by atoms with Gasteiger partial charge in [-0.1, -0.05) is 32.9 Å². The second kappa shape index (κ2) is 13.6. The molecule has 0 radical (unpaired) electrons. The van der Waals surface area contributed by atoms with Crippen molar-refractivity contribution in [2.24, 2.45) is 9.98 Å². The number of halogens is 3. The minimum absolute atomic E-state index is 0.0388. The Morgan fingerprint density at radius 1 is 1.22 bits per heavy atom. The minimum Gasteiger partial charge on any atom is -0.354 e. The maximum Gasteiger partial charge on any atom is 0.418 e. The summed E-state index contributed by atoms with van der Waals surface area (Å²) in [6.07, 6.45) is 0.413. The first kappa shape index (κ1) is 32.3. The lowest BCUT2D eigenvalue weighted by atomic mass is 9.87. The van der Waals surface area contributed by atoms with E-state index in [0.29, 0.717) is 29.6 Å². The molecular weight excluding hydrogens is 527 g/mol. The number of fused-ring (bicyclic) bond motifs is 1. The van der Waals surface area contributed by atoms with Crippen molar-refractivity contribution in [2.75, 3.05) is 40.8 Å². The highest BCUT2D eigenvalue weighted by Crippen LogP contribution is 2.38. The summed E-state index contributed by atoms with van der Waals surface area (Å²) >= 11 is 0. The Morgan fingerprint density at radius 3 is 2.39 bits per heavy atom. The molecule has 1 aromatic carbocycles. The van der Waals surface area contributed by atoms with E-state index in [4.69, 9.17) is 0 Å². The molecule has 1 amide bonds. The zero-order chi connectivity index (χ0) is 30.5. The third-order valence-corrected chi connectivity index (χ3v) is 7.83. The molecule has 1 fully saturated rings. The number of aromatic amines is 1. The van der Waals surface area contributed by atoms with E-state index in [-0.39, 0.29) is 24.0 Å². The number of rotatable bonds is 8. The number of hydrogen-bond donors (Lipinski definition) is 1. The van der Waals surface area contributed by atoms with Gasteiger partial charge in [-0.25, -0.2) is 4.99 Å². The number of amides is 1. The summed E-state index contributed by atoms with van der Waals surface area (Å²) in [5, 5.41) is 1.04. The second-order valence-corrected chi connectivity index (χ2v) is 11.2. The van der Waals surface area contributed by atoms with Crippen LogP contribution in [0.2, 0.25) is 0 Å². The van der Waals surface area contributed by atoms with E-state index in [2.05, 4.69) is 45.8 Å². The SMILES string of the molecule is C/C=C(\C=C(/C(CC)=NC(C)=NC)C(F)(F)F)c1[nH]c2ccc(C3CCN(CC(=O)N(C)C)CC3)cc2c1C(C)C. The quantitative estimate of drug-likeness (QED) is 0.205. The van der Waals surface area contributed by atoms with Crippen LogP contribution in [0, 0.1) is 0 Å². The number of carbonyl (C=O) groups is 1. The highest BCUT2D eigenvalue weighted by molar-refractivity contribution is 6.09. The number of nitrogens with zero attached hydrogens (tertiary/aromatic N) is 4. The van der Waals surface area contributed by atoms with Crippen LogP contribution >= 0.6 is 0 Å². The monoisotopic (exact) mass is 571 g/mol. The fourth-order valence-corrected chi connectivity index (χ4v) is 5.43. The summed E-state index contributed by atoms with van der Waals surface area (Å²) in [6.45, 7) is 11.3. The molecule has 0 spiro atoms. The lowest BCUT2D eigenvalue weighted by Gasteiger charge is -2.32. The lowest BCUT2D eigenvalue weighted by molar-refractivity contribution is -0.130. The number of allylic oxidation sites excluding steroid dienone is 4. The summed E-state index contributed by atoms with van der Waals surface area (Å²) in [5.74, 6) is 0.863. The number of piperidine rings is 1. The number of H-pyrrole nitrogens is 1. The number of likely N-dealkylation sites (N-methyl/N-ethyl adjacent to an activating group) is 1. The van der Waals surface area contributed by atoms with Crippen molar-refractivity contribution in [3.05, 3.63) is 52.7 Å². The Bertz CT molecular complexity index is 1350. The molecule has 0 atom stereocenters. The number of benzene rings is 1. The largest absolute Gasteiger partial charge is 0.418 e. The van der Waals surface area contributed by atoms with E-state index in [0.717, 1.165) is 42.4 Å². The van der Waals surface area contributed by atoms with Crippen molar-refractivity contribution in [3.63, 3.8) is 0 Å². The van der Waals surface area contributed by atoms with Crippen LogP contribution in [-0.4, -0.2) is 79.2 Å². The van der Waals surface area contributed by atoms with Gasteiger partial charge in [-0.3, -0.25) is 14.7 Å². The average Bonchev–Trinajstić information content (AvgIpc) is 3.31. The Hall–Kier alpha value is -3.20. The van der Waals surface area contributed by atoms with Gasteiger partial charge in [-0.15, -0.1) is 0 Å². The highest BCUT2D eigenvalue weighted by atomic mass is 19.4. The Labute approximate surface area is 242 Å². The van der Waals surface area contributed by atoms with Crippen LogP contribution in [0.5, 0.6) is 0 Å². The summed E-state index contributed by atoms with van der Waals surface area (Å²) in [5.41, 5.74) is 3.51. The fourth-order valence-electron chi connectivity index (χ4n) is 5.43. The van der Waals surface area contributed by atoms with Gasteiger partial charge in [-0.05, 0) is 92.9 Å². The molecule has 6 nitrogen and oxygen atoms in total. The molecule has 0 saturated carbocycles. The first-order valence-electron chi connectivity index (χ1n) is 14.3. The van der Waals surface area contributed by atoms with E-state index < -0.39 is 11.7 Å². The second-order valence-electron chi connectivity index (χ2n) is 11.2. The van der Waals surface area contributed by atoms with Crippen LogP contribution in [0.25, 0.3) is 16.5 Å². The van der Waals surface area contributed by atoms with Crippen LogP contribution in [0.15, 0.2) is 45.9 Å². The van der Waals surface area contributed by atoms with E-state index in [1.54, 1.807) is 45.8 Å². The number of amidine groups is 1.